The molecule has 5 nitrogen and oxygen atoms in total. The van der Waals surface area contributed by atoms with Crippen molar-refractivity contribution in [2.75, 3.05) is 19.7 Å². The number of nitrogens with one attached hydrogen (secondary N) is 2. The van der Waals surface area contributed by atoms with E-state index in [1.54, 1.807) is 0 Å². The van der Waals surface area contributed by atoms with E-state index >= 15 is 0 Å². The van der Waals surface area contributed by atoms with Gasteiger partial charge < -0.3 is 15.7 Å². The van der Waals surface area contributed by atoms with Gasteiger partial charge in [0.1, 0.15) is 0 Å². The fraction of sp³-hybridized carbons (Fsp3) is 0.938. The minimum Gasteiger partial charge on any atom is -0.394 e. The molecule has 3 N–H and O–H groups in total. The highest BCUT2D eigenvalue weighted by molar-refractivity contribution is 5.74. The zero-order chi connectivity index (χ0) is 15.9. The molecule has 124 valence electrons. The first-order valence-corrected chi connectivity index (χ1v) is 8.33. The summed E-state index contributed by atoms with van der Waals surface area (Å²) in [6, 6.07) is 0.900. The zero-order valence-corrected chi connectivity index (χ0v) is 14.1. The number of carbonyl (C=O) groups excluding carboxylic acids is 1. The number of aliphatic hydroxyl groups is 1. The van der Waals surface area contributed by atoms with Crippen LogP contribution in [0.1, 0.15) is 59.8 Å². The van der Waals surface area contributed by atoms with Crippen molar-refractivity contribution >= 4 is 6.03 Å². The Bertz CT molecular complexity index is 305. The van der Waals surface area contributed by atoms with Crippen LogP contribution in [-0.2, 0) is 0 Å². The van der Waals surface area contributed by atoms with E-state index < -0.39 is 0 Å². The second-order valence-corrected chi connectivity index (χ2v) is 6.81. The third-order valence-electron chi connectivity index (χ3n) is 4.45. The summed E-state index contributed by atoms with van der Waals surface area (Å²) in [7, 11) is 0. The Morgan fingerprint density at radius 1 is 1.19 bits per heavy atom. The molecule has 0 aromatic carbocycles. The average Bonchev–Trinajstić information content (AvgIpc) is 2.86. The highest BCUT2D eigenvalue weighted by atomic mass is 16.3. The third-order valence-corrected chi connectivity index (χ3v) is 4.45. The molecule has 0 aliphatic heterocycles. The summed E-state index contributed by atoms with van der Waals surface area (Å²) in [6.07, 6.45) is 4.86. The number of carbonyl (C=O) groups is 1. The first-order chi connectivity index (χ1) is 9.90. The highest BCUT2D eigenvalue weighted by Gasteiger charge is 2.34. The number of amides is 2. The molecule has 0 spiro atoms. The number of hydrogen-bond donors (Lipinski definition) is 3. The molecule has 1 fully saturated rings. The lowest BCUT2D eigenvalue weighted by atomic mass is 9.99. The predicted molar refractivity (Wildman–Crippen MR) is 86.4 cm³/mol. The molecule has 0 saturated heterocycles. The van der Waals surface area contributed by atoms with Crippen molar-refractivity contribution < 1.29 is 9.90 Å². The molecule has 0 atom stereocenters. The first kappa shape index (κ1) is 18.2. The molecular formula is C16H33N3O2. The lowest BCUT2D eigenvalue weighted by molar-refractivity contribution is 0.160. The largest absolute Gasteiger partial charge is 0.394 e. The fourth-order valence-corrected chi connectivity index (χ4v) is 3.24. The van der Waals surface area contributed by atoms with E-state index in [0.717, 1.165) is 38.6 Å². The normalized spacial score (nSPS) is 17.7. The number of hydrogen-bond acceptors (Lipinski definition) is 3. The van der Waals surface area contributed by atoms with Gasteiger partial charge in [-0.15, -0.1) is 0 Å². The van der Waals surface area contributed by atoms with Crippen LogP contribution in [0.4, 0.5) is 4.79 Å². The zero-order valence-electron chi connectivity index (χ0n) is 14.1. The molecule has 21 heavy (non-hydrogen) atoms. The second-order valence-electron chi connectivity index (χ2n) is 6.81. The van der Waals surface area contributed by atoms with Crippen LogP contribution in [0.15, 0.2) is 0 Å². The van der Waals surface area contributed by atoms with Gasteiger partial charge in [-0.05, 0) is 47.0 Å². The maximum Gasteiger partial charge on any atom is 0.315 e. The van der Waals surface area contributed by atoms with Gasteiger partial charge in [-0.2, -0.15) is 0 Å². The van der Waals surface area contributed by atoms with Gasteiger partial charge in [-0.25, -0.2) is 4.79 Å². The van der Waals surface area contributed by atoms with Gasteiger partial charge in [0.2, 0.25) is 0 Å². The fourth-order valence-electron chi connectivity index (χ4n) is 3.24. The van der Waals surface area contributed by atoms with E-state index in [-0.39, 0.29) is 18.2 Å². The molecule has 0 aromatic heterocycles. The Hall–Kier alpha value is -0.810. The summed E-state index contributed by atoms with van der Waals surface area (Å²) in [5.74, 6) is 0. The number of nitrogens with zero attached hydrogens (tertiary/aromatic N) is 1. The molecule has 0 heterocycles. The van der Waals surface area contributed by atoms with Gasteiger partial charge in [0.15, 0.2) is 0 Å². The standard InChI is InChI=1S/C16H33N3O2/c1-13(2)19(14(3)4)11-7-10-17-15(21)18-16(12-20)8-5-6-9-16/h13-14,20H,5-12H2,1-4H3,(H2,17,18,21). The molecule has 1 saturated carbocycles. The van der Waals surface area contributed by atoms with Gasteiger partial charge in [-0.3, -0.25) is 4.90 Å². The van der Waals surface area contributed by atoms with Crippen LogP contribution in [0.5, 0.6) is 0 Å². The topological polar surface area (TPSA) is 64.6 Å². The van der Waals surface area contributed by atoms with Crippen molar-refractivity contribution in [1.29, 1.82) is 0 Å². The van der Waals surface area contributed by atoms with E-state index in [2.05, 4.69) is 43.2 Å². The Labute approximate surface area is 129 Å². The molecule has 0 bridgehead atoms. The quantitative estimate of drug-likeness (QED) is 0.601. The summed E-state index contributed by atoms with van der Waals surface area (Å²) < 4.78 is 0. The molecular weight excluding hydrogens is 266 g/mol. The molecule has 2 amide bonds. The highest BCUT2D eigenvalue weighted by Crippen LogP contribution is 2.28. The van der Waals surface area contributed by atoms with Gasteiger partial charge in [-0.1, -0.05) is 12.8 Å². The van der Waals surface area contributed by atoms with E-state index in [4.69, 9.17) is 0 Å². The van der Waals surface area contributed by atoms with E-state index in [1.165, 1.54) is 0 Å². The summed E-state index contributed by atoms with van der Waals surface area (Å²) in [4.78, 5) is 14.4. The van der Waals surface area contributed by atoms with Gasteiger partial charge >= 0.3 is 6.03 Å². The van der Waals surface area contributed by atoms with Crippen LogP contribution < -0.4 is 10.6 Å². The second kappa shape index (κ2) is 8.59. The van der Waals surface area contributed by atoms with Gasteiger partial charge in [0.25, 0.3) is 0 Å². The van der Waals surface area contributed by atoms with Crippen LogP contribution in [0.25, 0.3) is 0 Å². The van der Waals surface area contributed by atoms with E-state index in [1.807, 2.05) is 0 Å². The lowest BCUT2D eigenvalue weighted by Gasteiger charge is -2.31. The minimum absolute atomic E-state index is 0.0366. The Morgan fingerprint density at radius 3 is 2.24 bits per heavy atom. The molecule has 1 rings (SSSR count). The van der Waals surface area contributed by atoms with Crippen molar-refractivity contribution in [2.45, 2.75) is 77.4 Å². The van der Waals surface area contributed by atoms with Crippen molar-refractivity contribution in [1.82, 2.24) is 15.5 Å². The first-order valence-electron chi connectivity index (χ1n) is 8.33. The Balaban J connectivity index is 2.24. The van der Waals surface area contributed by atoms with E-state index in [9.17, 15) is 9.90 Å². The van der Waals surface area contributed by atoms with Crippen LogP contribution in [0.3, 0.4) is 0 Å². The van der Waals surface area contributed by atoms with Crippen molar-refractivity contribution in [3.8, 4) is 0 Å². The smallest absolute Gasteiger partial charge is 0.315 e. The summed E-state index contributed by atoms with van der Waals surface area (Å²) in [5.41, 5.74) is -0.383. The van der Waals surface area contributed by atoms with Crippen molar-refractivity contribution in [3.63, 3.8) is 0 Å². The molecule has 0 radical (unpaired) electrons. The SMILES string of the molecule is CC(C)N(CCCNC(=O)NC1(CO)CCCC1)C(C)C. The van der Waals surface area contributed by atoms with E-state index in [0.29, 0.717) is 18.6 Å². The molecule has 5 heteroatoms. The van der Waals surface area contributed by atoms with Crippen molar-refractivity contribution in [3.05, 3.63) is 0 Å². The summed E-state index contributed by atoms with van der Waals surface area (Å²) in [5, 5.41) is 15.4. The Morgan fingerprint density at radius 2 is 1.76 bits per heavy atom. The number of rotatable bonds is 8. The number of urea groups is 1. The maximum atomic E-state index is 11.9. The molecule has 1 aliphatic rings. The maximum absolute atomic E-state index is 11.9. The van der Waals surface area contributed by atoms with Crippen LogP contribution >= 0.6 is 0 Å². The van der Waals surface area contributed by atoms with Gasteiger partial charge in [0.05, 0.1) is 12.1 Å². The van der Waals surface area contributed by atoms with Crippen LogP contribution in [-0.4, -0.2) is 53.4 Å². The summed E-state index contributed by atoms with van der Waals surface area (Å²) in [6.45, 7) is 10.5. The van der Waals surface area contributed by atoms with Gasteiger partial charge in [0, 0.05) is 25.2 Å². The van der Waals surface area contributed by atoms with Crippen LogP contribution in [0, 0.1) is 0 Å². The monoisotopic (exact) mass is 299 g/mol. The average molecular weight is 299 g/mol. The summed E-state index contributed by atoms with van der Waals surface area (Å²) >= 11 is 0. The molecule has 1 aliphatic carbocycles. The third kappa shape index (κ3) is 5.83. The molecule has 0 unspecified atom stereocenters. The molecule has 0 aromatic rings. The Kier molecular flexibility index (Phi) is 7.46. The van der Waals surface area contributed by atoms with Crippen LogP contribution in [0.2, 0.25) is 0 Å². The minimum atomic E-state index is -0.383. The predicted octanol–water partition coefficient (Wildman–Crippen LogP) is 2.10. The number of aliphatic hydroxyl groups excluding tert-OH is 1. The lowest BCUT2D eigenvalue weighted by Crippen LogP contribution is -2.53. The van der Waals surface area contributed by atoms with Crippen molar-refractivity contribution in [2.24, 2.45) is 0 Å².